The van der Waals surface area contributed by atoms with Gasteiger partial charge >= 0.3 is 0 Å². The van der Waals surface area contributed by atoms with Crippen LogP contribution in [-0.4, -0.2) is 28.9 Å². The SMILES string of the molecule is Cc1ccc2c(c1)CC(CNC(C)(C)C(C)(C)O)O2. The summed E-state index contributed by atoms with van der Waals surface area (Å²) in [5, 5.41) is 13.5. The fraction of sp³-hybridized carbons (Fsp3) is 0.625. The van der Waals surface area contributed by atoms with Gasteiger partial charge in [-0.25, -0.2) is 0 Å². The van der Waals surface area contributed by atoms with E-state index in [1.54, 1.807) is 0 Å². The van der Waals surface area contributed by atoms with Gasteiger partial charge in [-0.3, -0.25) is 0 Å². The van der Waals surface area contributed by atoms with Gasteiger partial charge in [0, 0.05) is 18.5 Å². The fourth-order valence-electron chi connectivity index (χ4n) is 2.15. The second-order valence-electron chi connectivity index (χ2n) is 6.62. The van der Waals surface area contributed by atoms with Crippen LogP contribution in [0.3, 0.4) is 0 Å². The quantitative estimate of drug-likeness (QED) is 0.876. The highest BCUT2D eigenvalue weighted by Gasteiger charge is 2.35. The molecule has 0 fully saturated rings. The molecule has 1 aliphatic rings. The zero-order chi connectivity index (χ0) is 14.3. The molecule has 1 heterocycles. The van der Waals surface area contributed by atoms with E-state index in [1.165, 1.54) is 11.1 Å². The van der Waals surface area contributed by atoms with Crippen LogP contribution in [0.4, 0.5) is 0 Å². The molecule has 2 N–H and O–H groups in total. The zero-order valence-corrected chi connectivity index (χ0v) is 12.6. The first kappa shape index (κ1) is 14.4. The van der Waals surface area contributed by atoms with Crippen molar-refractivity contribution in [2.24, 2.45) is 0 Å². The molecule has 0 saturated carbocycles. The number of aliphatic hydroxyl groups is 1. The van der Waals surface area contributed by atoms with Crippen molar-refractivity contribution in [2.75, 3.05) is 6.54 Å². The average molecular weight is 263 g/mol. The third-order valence-electron chi connectivity index (χ3n) is 4.26. The lowest BCUT2D eigenvalue weighted by Gasteiger charge is -2.38. The van der Waals surface area contributed by atoms with Gasteiger partial charge in [0.1, 0.15) is 11.9 Å². The first-order valence-electron chi connectivity index (χ1n) is 6.93. The lowest BCUT2D eigenvalue weighted by atomic mass is 9.86. The van der Waals surface area contributed by atoms with E-state index in [4.69, 9.17) is 4.74 Å². The molecule has 0 saturated heterocycles. The third kappa shape index (κ3) is 3.10. The Morgan fingerprint density at radius 1 is 1.32 bits per heavy atom. The number of nitrogens with one attached hydrogen (secondary N) is 1. The summed E-state index contributed by atoms with van der Waals surface area (Å²) < 4.78 is 5.93. The Bertz CT molecular complexity index is 460. The normalized spacial score (nSPS) is 19.2. The second-order valence-corrected chi connectivity index (χ2v) is 6.62. The fourth-order valence-corrected chi connectivity index (χ4v) is 2.15. The molecule has 0 radical (unpaired) electrons. The number of fused-ring (bicyclic) bond motifs is 1. The Morgan fingerprint density at radius 2 is 2.00 bits per heavy atom. The van der Waals surface area contributed by atoms with Crippen LogP contribution in [0.1, 0.15) is 38.8 Å². The lowest BCUT2D eigenvalue weighted by Crippen LogP contribution is -2.57. The molecule has 1 aliphatic heterocycles. The maximum absolute atomic E-state index is 10.1. The molecule has 3 nitrogen and oxygen atoms in total. The highest BCUT2D eigenvalue weighted by atomic mass is 16.5. The first-order valence-corrected chi connectivity index (χ1v) is 6.93. The molecule has 1 atom stereocenters. The second kappa shape index (κ2) is 4.80. The van der Waals surface area contributed by atoms with Crippen molar-refractivity contribution in [3.63, 3.8) is 0 Å². The van der Waals surface area contributed by atoms with Crippen LogP contribution in [0.25, 0.3) is 0 Å². The van der Waals surface area contributed by atoms with E-state index >= 15 is 0 Å². The molecular weight excluding hydrogens is 238 g/mol. The number of benzene rings is 1. The molecule has 0 spiro atoms. The van der Waals surface area contributed by atoms with Gasteiger partial charge in [0.2, 0.25) is 0 Å². The predicted molar refractivity (Wildman–Crippen MR) is 77.7 cm³/mol. The summed E-state index contributed by atoms with van der Waals surface area (Å²) in [4.78, 5) is 0. The van der Waals surface area contributed by atoms with Gasteiger partial charge in [-0.05, 0) is 46.2 Å². The zero-order valence-electron chi connectivity index (χ0n) is 12.6. The van der Waals surface area contributed by atoms with E-state index < -0.39 is 5.60 Å². The van der Waals surface area contributed by atoms with Crippen molar-refractivity contribution in [2.45, 2.75) is 58.3 Å². The molecule has 0 amide bonds. The van der Waals surface area contributed by atoms with Crippen LogP contribution in [-0.2, 0) is 6.42 Å². The van der Waals surface area contributed by atoms with E-state index in [0.717, 1.165) is 18.7 Å². The monoisotopic (exact) mass is 263 g/mol. The Balaban J connectivity index is 1.94. The molecule has 0 aliphatic carbocycles. The minimum absolute atomic E-state index is 0.151. The lowest BCUT2D eigenvalue weighted by molar-refractivity contribution is -0.00789. The van der Waals surface area contributed by atoms with Crippen molar-refractivity contribution in [1.82, 2.24) is 5.32 Å². The number of rotatable bonds is 4. The van der Waals surface area contributed by atoms with Crippen molar-refractivity contribution in [3.8, 4) is 5.75 Å². The summed E-state index contributed by atoms with van der Waals surface area (Å²) in [6.45, 7) is 10.5. The Kier molecular flexibility index (Phi) is 3.63. The van der Waals surface area contributed by atoms with Crippen LogP contribution in [0.2, 0.25) is 0 Å². The molecule has 1 aromatic rings. The molecule has 19 heavy (non-hydrogen) atoms. The summed E-state index contributed by atoms with van der Waals surface area (Å²) in [7, 11) is 0. The molecule has 106 valence electrons. The van der Waals surface area contributed by atoms with Gasteiger partial charge in [0.25, 0.3) is 0 Å². The molecule has 1 unspecified atom stereocenters. The standard InChI is InChI=1S/C16H25NO2/c1-11-6-7-14-12(8-11)9-13(19-14)10-17-15(2,3)16(4,5)18/h6-8,13,17-18H,9-10H2,1-5H3. The van der Waals surface area contributed by atoms with Crippen LogP contribution in [0.5, 0.6) is 5.75 Å². The summed E-state index contributed by atoms with van der Waals surface area (Å²) in [6, 6.07) is 6.32. The predicted octanol–water partition coefficient (Wildman–Crippen LogP) is 2.44. The topological polar surface area (TPSA) is 41.5 Å². The maximum atomic E-state index is 10.1. The van der Waals surface area contributed by atoms with E-state index in [-0.39, 0.29) is 11.6 Å². The molecule has 2 rings (SSSR count). The molecule has 3 heteroatoms. The van der Waals surface area contributed by atoms with Gasteiger partial charge in [-0.2, -0.15) is 0 Å². The smallest absolute Gasteiger partial charge is 0.123 e. The number of ether oxygens (including phenoxy) is 1. The van der Waals surface area contributed by atoms with E-state index in [0.29, 0.717) is 0 Å². The van der Waals surface area contributed by atoms with Crippen LogP contribution >= 0.6 is 0 Å². The number of aryl methyl sites for hydroxylation is 1. The van der Waals surface area contributed by atoms with Gasteiger partial charge in [0.05, 0.1) is 5.60 Å². The molecule has 0 bridgehead atoms. The van der Waals surface area contributed by atoms with Crippen molar-refractivity contribution < 1.29 is 9.84 Å². The van der Waals surface area contributed by atoms with Crippen LogP contribution in [0, 0.1) is 6.92 Å². The average Bonchev–Trinajstić information content (AvgIpc) is 2.67. The van der Waals surface area contributed by atoms with Crippen LogP contribution in [0.15, 0.2) is 18.2 Å². The minimum Gasteiger partial charge on any atom is -0.488 e. The highest BCUT2D eigenvalue weighted by molar-refractivity contribution is 5.40. The summed E-state index contributed by atoms with van der Waals surface area (Å²) in [6.07, 6.45) is 1.09. The summed E-state index contributed by atoms with van der Waals surface area (Å²) in [5.74, 6) is 0.999. The highest BCUT2D eigenvalue weighted by Crippen LogP contribution is 2.30. The van der Waals surface area contributed by atoms with Crippen molar-refractivity contribution >= 4 is 0 Å². The first-order chi connectivity index (χ1) is 8.69. The third-order valence-corrected chi connectivity index (χ3v) is 4.26. The number of hydrogen-bond acceptors (Lipinski definition) is 3. The van der Waals surface area contributed by atoms with E-state index in [1.807, 2.05) is 33.8 Å². The van der Waals surface area contributed by atoms with Gasteiger partial charge < -0.3 is 15.2 Å². The van der Waals surface area contributed by atoms with E-state index in [9.17, 15) is 5.11 Å². The molecule has 0 aromatic heterocycles. The van der Waals surface area contributed by atoms with Crippen LogP contribution < -0.4 is 10.1 Å². The maximum Gasteiger partial charge on any atom is 0.123 e. The van der Waals surface area contributed by atoms with Gasteiger partial charge in [0.15, 0.2) is 0 Å². The van der Waals surface area contributed by atoms with E-state index in [2.05, 4.69) is 24.4 Å². The van der Waals surface area contributed by atoms with Crippen molar-refractivity contribution in [3.05, 3.63) is 29.3 Å². The Labute approximate surface area is 116 Å². The van der Waals surface area contributed by atoms with Gasteiger partial charge in [-0.1, -0.05) is 17.7 Å². The summed E-state index contributed by atoms with van der Waals surface area (Å²) in [5.41, 5.74) is 1.44. The number of hydrogen-bond donors (Lipinski definition) is 2. The molecule has 1 aromatic carbocycles. The minimum atomic E-state index is -0.769. The van der Waals surface area contributed by atoms with Gasteiger partial charge in [-0.15, -0.1) is 0 Å². The largest absolute Gasteiger partial charge is 0.488 e. The Hall–Kier alpha value is -1.06. The Morgan fingerprint density at radius 3 is 2.63 bits per heavy atom. The van der Waals surface area contributed by atoms with Crippen molar-refractivity contribution in [1.29, 1.82) is 0 Å². The summed E-state index contributed by atoms with van der Waals surface area (Å²) >= 11 is 0. The molecular formula is C16H25NO2.